The van der Waals surface area contributed by atoms with Crippen LogP contribution < -0.4 is 16.0 Å². The Morgan fingerprint density at radius 3 is 2.64 bits per heavy atom. The fraction of sp³-hybridized carbons (Fsp3) is 0.423. The summed E-state index contributed by atoms with van der Waals surface area (Å²) in [5.74, 6) is -0.928. The maximum absolute atomic E-state index is 13.5. The molecule has 0 unspecified atom stereocenters. The van der Waals surface area contributed by atoms with Crippen LogP contribution in [-0.4, -0.2) is 54.2 Å². The summed E-state index contributed by atoms with van der Waals surface area (Å²) in [5.41, 5.74) is 1.01. The lowest BCUT2D eigenvalue weighted by Gasteiger charge is -2.51. The summed E-state index contributed by atoms with van der Waals surface area (Å²) in [6, 6.07) is 9.04. The zero-order valence-electron chi connectivity index (χ0n) is 20.8. The number of nitrogens with one attached hydrogen (secondary N) is 3. The predicted octanol–water partition coefficient (Wildman–Crippen LogP) is 1.86. The van der Waals surface area contributed by atoms with Crippen molar-refractivity contribution in [2.45, 2.75) is 56.5 Å². The van der Waals surface area contributed by atoms with Crippen molar-refractivity contribution in [3.05, 3.63) is 72.3 Å². The van der Waals surface area contributed by atoms with Gasteiger partial charge >= 0.3 is 0 Å². The highest BCUT2D eigenvalue weighted by Crippen LogP contribution is 2.39. The molecule has 2 atom stereocenters. The molecule has 192 valence electrons. The Morgan fingerprint density at radius 2 is 1.97 bits per heavy atom. The van der Waals surface area contributed by atoms with E-state index in [1.54, 1.807) is 24.5 Å². The molecule has 0 radical (unpaired) electrons. The van der Waals surface area contributed by atoms with Crippen LogP contribution in [0.2, 0.25) is 0 Å². The van der Waals surface area contributed by atoms with Gasteiger partial charge in [0.1, 0.15) is 6.04 Å². The van der Waals surface area contributed by atoms with E-state index in [0.717, 1.165) is 22.0 Å². The molecule has 0 spiro atoms. The molecule has 1 fully saturated rings. The van der Waals surface area contributed by atoms with Gasteiger partial charge in [0, 0.05) is 36.8 Å². The minimum absolute atomic E-state index is 0.0606. The molecule has 36 heavy (non-hydrogen) atoms. The van der Waals surface area contributed by atoms with Crippen LogP contribution in [0.25, 0.3) is 0 Å². The van der Waals surface area contributed by atoms with Gasteiger partial charge in [-0.05, 0) is 50.1 Å². The molecule has 0 saturated carbocycles. The first kappa shape index (κ1) is 25.8. The zero-order chi connectivity index (χ0) is 26.0. The SMILES string of the molecule is Cc1ccc(S(=O)(=O)N2C=CNC(=O)[C@H]2CC(=O)N[C@@]2(Cc3cccnc3)CCNCC2(C)C)cc1. The molecule has 0 aliphatic carbocycles. The van der Waals surface area contributed by atoms with E-state index in [1.807, 2.05) is 19.1 Å². The molecule has 1 saturated heterocycles. The number of carbonyl (C=O) groups excluding carboxylic acids is 2. The summed E-state index contributed by atoms with van der Waals surface area (Å²) < 4.78 is 27.7. The highest BCUT2D eigenvalue weighted by molar-refractivity contribution is 7.89. The highest BCUT2D eigenvalue weighted by Gasteiger charge is 2.48. The average Bonchev–Trinajstić information content (AvgIpc) is 2.83. The van der Waals surface area contributed by atoms with E-state index >= 15 is 0 Å². The monoisotopic (exact) mass is 511 g/mol. The first-order valence-electron chi connectivity index (χ1n) is 12.0. The second-order valence-corrected chi connectivity index (χ2v) is 12.0. The van der Waals surface area contributed by atoms with E-state index in [4.69, 9.17) is 0 Å². The Kier molecular flexibility index (Phi) is 7.19. The molecule has 2 amide bonds. The molecule has 1 aromatic carbocycles. The van der Waals surface area contributed by atoms with Crippen LogP contribution in [0.15, 0.2) is 66.1 Å². The number of hydrogen-bond acceptors (Lipinski definition) is 6. The molecule has 9 nitrogen and oxygen atoms in total. The van der Waals surface area contributed by atoms with Crippen molar-refractivity contribution < 1.29 is 18.0 Å². The summed E-state index contributed by atoms with van der Waals surface area (Å²) >= 11 is 0. The summed E-state index contributed by atoms with van der Waals surface area (Å²) in [6.45, 7) is 7.49. The number of aromatic nitrogens is 1. The van der Waals surface area contributed by atoms with E-state index in [0.29, 0.717) is 19.4 Å². The number of sulfonamides is 1. The molecule has 4 rings (SSSR count). The molecule has 2 aliphatic heterocycles. The number of pyridine rings is 1. The van der Waals surface area contributed by atoms with Gasteiger partial charge in [0.25, 0.3) is 10.0 Å². The van der Waals surface area contributed by atoms with Crippen LogP contribution in [0.4, 0.5) is 0 Å². The third kappa shape index (κ3) is 5.15. The van der Waals surface area contributed by atoms with Crippen molar-refractivity contribution in [3.8, 4) is 0 Å². The van der Waals surface area contributed by atoms with Gasteiger partial charge in [-0.1, -0.05) is 37.6 Å². The van der Waals surface area contributed by atoms with Crippen molar-refractivity contribution in [2.24, 2.45) is 5.41 Å². The van der Waals surface area contributed by atoms with Crippen LogP contribution in [0.3, 0.4) is 0 Å². The lowest BCUT2D eigenvalue weighted by Crippen LogP contribution is -2.66. The molecular weight excluding hydrogens is 478 g/mol. The molecule has 2 aromatic rings. The minimum atomic E-state index is -4.04. The molecule has 3 heterocycles. The van der Waals surface area contributed by atoms with Gasteiger partial charge in [-0.25, -0.2) is 8.42 Å². The number of nitrogens with zero attached hydrogens (tertiary/aromatic N) is 2. The van der Waals surface area contributed by atoms with Gasteiger partial charge in [-0.15, -0.1) is 0 Å². The minimum Gasteiger partial charge on any atom is -0.350 e. The fourth-order valence-corrected chi connectivity index (χ4v) is 6.38. The number of carbonyl (C=O) groups is 2. The Morgan fingerprint density at radius 1 is 1.22 bits per heavy atom. The lowest BCUT2D eigenvalue weighted by atomic mass is 9.65. The van der Waals surface area contributed by atoms with Crippen LogP contribution in [0, 0.1) is 12.3 Å². The van der Waals surface area contributed by atoms with E-state index in [1.165, 1.54) is 24.5 Å². The molecule has 2 aliphatic rings. The quantitative estimate of drug-likeness (QED) is 0.522. The highest BCUT2D eigenvalue weighted by atomic mass is 32.2. The average molecular weight is 512 g/mol. The second kappa shape index (κ2) is 10.0. The molecular formula is C26H33N5O4S. The summed E-state index contributed by atoms with van der Waals surface area (Å²) in [5, 5.41) is 9.17. The molecule has 1 aromatic heterocycles. The Balaban J connectivity index is 1.60. The maximum Gasteiger partial charge on any atom is 0.264 e. The number of aryl methyl sites for hydroxylation is 1. The summed E-state index contributed by atoms with van der Waals surface area (Å²) in [6.07, 6.45) is 7.03. The number of hydrogen-bond donors (Lipinski definition) is 3. The predicted molar refractivity (Wildman–Crippen MR) is 136 cm³/mol. The van der Waals surface area contributed by atoms with Crippen molar-refractivity contribution in [2.75, 3.05) is 13.1 Å². The van der Waals surface area contributed by atoms with E-state index in [-0.39, 0.29) is 22.6 Å². The molecule has 3 N–H and O–H groups in total. The lowest BCUT2D eigenvalue weighted by molar-refractivity contribution is -0.131. The third-order valence-electron chi connectivity index (χ3n) is 7.23. The van der Waals surface area contributed by atoms with Crippen LogP contribution in [-0.2, 0) is 26.0 Å². The Hall–Kier alpha value is -3.24. The van der Waals surface area contributed by atoms with Gasteiger partial charge in [0.05, 0.1) is 16.9 Å². The molecule has 10 heteroatoms. The van der Waals surface area contributed by atoms with Gasteiger partial charge in [-0.2, -0.15) is 0 Å². The van der Waals surface area contributed by atoms with Crippen LogP contribution in [0.5, 0.6) is 0 Å². The number of piperidine rings is 1. The van der Waals surface area contributed by atoms with Crippen LogP contribution in [0.1, 0.15) is 37.8 Å². The fourth-order valence-electron chi connectivity index (χ4n) is 4.93. The largest absolute Gasteiger partial charge is 0.350 e. The zero-order valence-corrected chi connectivity index (χ0v) is 21.6. The maximum atomic E-state index is 13.5. The standard InChI is InChI=1S/C26H33N5O4S/c1-19-6-8-21(9-7-19)36(34,35)31-14-13-29-24(33)22(31)15-23(32)30-26(10-12-28-18-25(26,2)3)16-20-5-4-11-27-17-20/h4-9,11,13-14,17,22,28H,10,12,15-16,18H2,1-3H3,(H,29,33)(H,30,32)/t22-,26-/m1/s1. The van der Waals surface area contributed by atoms with Crippen molar-refractivity contribution >= 4 is 21.8 Å². The smallest absolute Gasteiger partial charge is 0.264 e. The summed E-state index contributed by atoms with van der Waals surface area (Å²) in [7, 11) is -4.04. The van der Waals surface area contributed by atoms with Crippen LogP contribution >= 0.6 is 0 Å². The van der Waals surface area contributed by atoms with Crippen molar-refractivity contribution in [1.29, 1.82) is 0 Å². The van der Waals surface area contributed by atoms with E-state index in [9.17, 15) is 18.0 Å². The van der Waals surface area contributed by atoms with Gasteiger partial charge in [-0.3, -0.25) is 18.9 Å². The summed E-state index contributed by atoms with van der Waals surface area (Å²) in [4.78, 5) is 30.6. The third-order valence-corrected chi connectivity index (χ3v) is 9.03. The van der Waals surface area contributed by atoms with Crippen molar-refractivity contribution in [3.63, 3.8) is 0 Å². The Bertz CT molecular complexity index is 1240. The second-order valence-electron chi connectivity index (χ2n) is 10.2. The topological polar surface area (TPSA) is 121 Å². The normalized spacial score (nSPS) is 23.7. The first-order chi connectivity index (χ1) is 17.0. The number of amides is 2. The van der Waals surface area contributed by atoms with Gasteiger partial charge < -0.3 is 16.0 Å². The van der Waals surface area contributed by atoms with Gasteiger partial charge in [0.15, 0.2) is 0 Å². The number of benzene rings is 1. The van der Waals surface area contributed by atoms with Crippen molar-refractivity contribution in [1.82, 2.24) is 25.2 Å². The Labute approximate surface area is 212 Å². The van der Waals surface area contributed by atoms with E-state index < -0.39 is 27.5 Å². The van der Waals surface area contributed by atoms with Gasteiger partial charge in [0.2, 0.25) is 11.8 Å². The molecule has 0 bridgehead atoms. The first-order valence-corrected chi connectivity index (χ1v) is 13.5. The number of rotatable bonds is 7. The van der Waals surface area contributed by atoms with E-state index in [2.05, 4.69) is 34.8 Å².